The van der Waals surface area contributed by atoms with E-state index < -0.39 is 0 Å². The van der Waals surface area contributed by atoms with Crippen LogP contribution in [0.15, 0.2) is 66.7 Å². The molecule has 3 nitrogen and oxygen atoms in total. The summed E-state index contributed by atoms with van der Waals surface area (Å²) in [5.41, 5.74) is 4.07. The zero-order valence-electron chi connectivity index (χ0n) is 12.6. The van der Waals surface area contributed by atoms with Crippen molar-refractivity contribution in [3.63, 3.8) is 0 Å². The Bertz CT molecular complexity index is 976. The van der Waals surface area contributed by atoms with Crippen molar-refractivity contribution in [3.05, 3.63) is 78.2 Å². The molecule has 0 unspecified atom stereocenters. The molecular formula is C19H14FN3. The number of rotatable bonds is 2. The molecule has 4 aromatic rings. The van der Waals surface area contributed by atoms with Crippen molar-refractivity contribution in [1.29, 1.82) is 0 Å². The van der Waals surface area contributed by atoms with Gasteiger partial charge in [-0.25, -0.2) is 13.9 Å². The van der Waals surface area contributed by atoms with Crippen LogP contribution in [0.4, 0.5) is 4.39 Å². The van der Waals surface area contributed by atoms with Crippen LogP contribution in [0.3, 0.4) is 0 Å². The smallest absolute Gasteiger partial charge is 0.192 e. The first-order valence-electron chi connectivity index (χ1n) is 7.41. The molecule has 0 aliphatic heterocycles. The number of aromatic nitrogens is 3. The molecule has 0 spiro atoms. The molecule has 0 bridgehead atoms. The Morgan fingerprint density at radius 1 is 0.870 bits per heavy atom. The van der Waals surface area contributed by atoms with Crippen LogP contribution in [0.2, 0.25) is 0 Å². The van der Waals surface area contributed by atoms with Crippen LogP contribution < -0.4 is 0 Å². The Hall–Kier alpha value is -3.01. The van der Waals surface area contributed by atoms with Gasteiger partial charge < -0.3 is 0 Å². The monoisotopic (exact) mass is 303 g/mol. The number of halogens is 1. The van der Waals surface area contributed by atoms with Crippen LogP contribution in [0.5, 0.6) is 0 Å². The Kier molecular flexibility index (Phi) is 3.15. The highest BCUT2D eigenvalue weighted by Crippen LogP contribution is 2.27. The zero-order chi connectivity index (χ0) is 15.8. The number of nitrogens with zero attached hydrogens (tertiary/aromatic N) is 3. The fraction of sp³-hybridized carbons (Fsp3) is 0.0526. The lowest BCUT2D eigenvalue weighted by Gasteiger charge is -2.08. The standard InChI is InChI=1S/C19H14FN3/c1-13-18(20)19-21-16(14-8-4-2-5-9-14)12-17(23(19)22-13)15-10-6-3-7-11-15/h2-12H,1H3. The van der Waals surface area contributed by atoms with E-state index in [4.69, 9.17) is 0 Å². The van der Waals surface area contributed by atoms with E-state index in [0.29, 0.717) is 5.69 Å². The van der Waals surface area contributed by atoms with E-state index in [9.17, 15) is 4.39 Å². The molecule has 0 atom stereocenters. The van der Waals surface area contributed by atoms with E-state index in [1.54, 1.807) is 11.4 Å². The molecule has 2 aromatic heterocycles. The van der Waals surface area contributed by atoms with Crippen molar-refractivity contribution in [2.24, 2.45) is 0 Å². The van der Waals surface area contributed by atoms with Gasteiger partial charge in [-0.1, -0.05) is 60.7 Å². The molecule has 0 N–H and O–H groups in total. The molecule has 4 heteroatoms. The first kappa shape index (κ1) is 13.6. The highest BCUT2D eigenvalue weighted by molar-refractivity contribution is 5.71. The first-order valence-corrected chi connectivity index (χ1v) is 7.41. The van der Waals surface area contributed by atoms with Gasteiger partial charge in [0, 0.05) is 11.1 Å². The second kappa shape index (κ2) is 5.32. The summed E-state index contributed by atoms with van der Waals surface area (Å²) in [5, 5.41) is 4.30. The fourth-order valence-electron chi connectivity index (χ4n) is 2.67. The Balaban J connectivity index is 2.06. The van der Waals surface area contributed by atoms with Gasteiger partial charge in [-0.3, -0.25) is 0 Å². The maximum absolute atomic E-state index is 14.4. The van der Waals surface area contributed by atoms with Crippen molar-refractivity contribution in [1.82, 2.24) is 14.6 Å². The number of hydrogen-bond acceptors (Lipinski definition) is 2. The second-order valence-corrected chi connectivity index (χ2v) is 5.39. The SMILES string of the molecule is Cc1nn2c(-c3ccccc3)cc(-c3ccccc3)nc2c1F. The lowest BCUT2D eigenvalue weighted by Crippen LogP contribution is -1.98. The molecule has 0 amide bonds. The molecule has 0 aliphatic carbocycles. The van der Waals surface area contributed by atoms with E-state index in [2.05, 4.69) is 10.1 Å². The molecule has 2 heterocycles. The van der Waals surface area contributed by atoms with Crippen molar-refractivity contribution in [3.8, 4) is 22.5 Å². The quantitative estimate of drug-likeness (QED) is 0.545. The molecule has 4 rings (SSSR count). The first-order chi connectivity index (χ1) is 11.2. The maximum atomic E-state index is 14.4. The molecular weight excluding hydrogens is 289 g/mol. The summed E-state index contributed by atoms with van der Waals surface area (Å²) in [5.74, 6) is -0.375. The summed E-state index contributed by atoms with van der Waals surface area (Å²) in [6, 6.07) is 21.6. The molecule has 0 saturated carbocycles. The molecule has 23 heavy (non-hydrogen) atoms. The van der Waals surface area contributed by atoms with Gasteiger partial charge in [-0.05, 0) is 13.0 Å². The van der Waals surface area contributed by atoms with Crippen molar-refractivity contribution >= 4 is 5.65 Å². The third kappa shape index (κ3) is 2.28. The van der Waals surface area contributed by atoms with E-state index >= 15 is 0 Å². The highest BCUT2D eigenvalue weighted by atomic mass is 19.1. The normalized spacial score (nSPS) is 11.0. The number of fused-ring (bicyclic) bond motifs is 1. The van der Waals surface area contributed by atoms with E-state index in [-0.39, 0.29) is 11.5 Å². The van der Waals surface area contributed by atoms with Crippen LogP contribution >= 0.6 is 0 Å². The van der Waals surface area contributed by atoms with Crippen LogP contribution in [0, 0.1) is 12.7 Å². The third-order valence-corrected chi connectivity index (χ3v) is 3.83. The van der Waals surface area contributed by atoms with Gasteiger partial charge in [0.15, 0.2) is 11.5 Å². The van der Waals surface area contributed by atoms with Gasteiger partial charge >= 0.3 is 0 Å². The number of benzene rings is 2. The zero-order valence-corrected chi connectivity index (χ0v) is 12.6. The number of hydrogen-bond donors (Lipinski definition) is 0. The van der Waals surface area contributed by atoms with Crippen LogP contribution in [-0.4, -0.2) is 14.6 Å². The summed E-state index contributed by atoms with van der Waals surface area (Å²) >= 11 is 0. The van der Waals surface area contributed by atoms with Gasteiger partial charge in [-0.2, -0.15) is 5.10 Å². The minimum absolute atomic E-state index is 0.253. The second-order valence-electron chi connectivity index (χ2n) is 5.39. The van der Waals surface area contributed by atoms with E-state index in [1.165, 1.54) is 0 Å². The van der Waals surface area contributed by atoms with Gasteiger partial charge in [0.1, 0.15) is 0 Å². The van der Waals surface area contributed by atoms with Crippen LogP contribution in [-0.2, 0) is 0 Å². The molecule has 0 aliphatic rings. The van der Waals surface area contributed by atoms with Crippen molar-refractivity contribution in [2.75, 3.05) is 0 Å². The largest absolute Gasteiger partial charge is 0.226 e. The molecule has 0 fully saturated rings. The summed E-state index contributed by atoms with van der Waals surface area (Å²) in [7, 11) is 0. The van der Waals surface area contributed by atoms with E-state index in [0.717, 1.165) is 22.5 Å². The predicted octanol–water partition coefficient (Wildman–Crippen LogP) is 4.51. The van der Waals surface area contributed by atoms with Crippen molar-refractivity contribution < 1.29 is 4.39 Å². The minimum atomic E-state index is -0.375. The minimum Gasteiger partial charge on any atom is -0.226 e. The summed E-state index contributed by atoms with van der Waals surface area (Å²) in [6.07, 6.45) is 0. The summed E-state index contributed by atoms with van der Waals surface area (Å²) in [6.45, 7) is 1.65. The molecule has 0 radical (unpaired) electrons. The molecule has 0 saturated heterocycles. The number of aryl methyl sites for hydroxylation is 1. The highest BCUT2D eigenvalue weighted by Gasteiger charge is 2.16. The van der Waals surface area contributed by atoms with Crippen LogP contribution in [0.1, 0.15) is 5.69 Å². The van der Waals surface area contributed by atoms with Gasteiger partial charge in [-0.15, -0.1) is 0 Å². The average Bonchev–Trinajstić information content (AvgIpc) is 2.90. The fourth-order valence-corrected chi connectivity index (χ4v) is 2.67. The van der Waals surface area contributed by atoms with Crippen LogP contribution in [0.25, 0.3) is 28.2 Å². The Labute approximate surface area is 133 Å². The van der Waals surface area contributed by atoms with Gasteiger partial charge in [0.05, 0.1) is 17.1 Å². The lowest BCUT2D eigenvalue weighted by atomic mass is 10.1. The Morgan fingerprint density at radius 3 is 2.13 bits per heavy atom. The van der Waals surface area contributed by atoms with Gasteiger partial charge in [0.2, 0.25) is 0 Å². The predicted molar refractivity (Wildman–Crippen MR) is 88.6 cm³/mol. The van der Waals surface area contributed by atoms with Crippen molar-refractivity contribution in [2.45, 2.75) is 6.92 Å². The molecule has 2 aromatic carbocycles. The average molecular weight is 303 g/mol. The molecule has 112 valence electrons. The maximum Gasteiger partial charge on any atom is 0.192 e. The Morgan fingerprint density at radius 2 is 1.48 bits per heavy atom. The third-order valence-electron chi connectivity index (χ3n) is 3.83. The summed E-state index contributed by atoms with van der Waals surface area (Å²) in [4.78, 5) is 4.48. The van der Waals surface area contributed by atoms with Gasteiger partial charge in [0.25, 0.3) is 0 Å². The summed E-state index contributed by atoms with van der Waals surface area (Å²) < 4.78 is 16.0. The van der Waals surface area contributed by atoms with E-state index in [1.807, 2.05) is 66.7 Å². The topological polar surface area (TPSA) is 30.2 Å². The lowest BCUT2D eigenvalue weighted by molar-refractivity contribution is 0.626.